The molecule has 154 valence electrons. The Morgan fingerprint density at radius 2 is 1.96 bits per heavy atom. The predicted octanol–water partition coefficient (Wildman–Crippen LogP) is 2.84. The van der Waals surface area contributed by atoms with Crippen molar-refractivity contribution in [3.63, 3.8) is 0 Å². The van der Waals surface area contributed by atoms with Crippen LogP contribution in [0.4, 0.5) is 4.79 Å². The highest BCUT2D eigenvalue weighted by atomic mass is 127. The molecule has 1 aliphatic carbocycles. The summed E-state index contributed by atoms with van der Waals surface area (Å²) in [7, 11) is 1.73. The molecule has 1 fully saturated rings. The molecule has 0 bridgehead atoms. The van der Waals surface area contributed by atoms with E-state index >= 15 is 0 Å². The van der Waals surface area contributed by atoms with Gasteiger partial charge in [0.05, 0.1) is 0 Å². The average molecular weight is 484 g/mol. The number of nitrogens with zero attached hydrogens (tertiary/aromatic N) is 2. The molecule has 0 aromatic carbocycles. The highest BCUT2D eigenvalue weighted by Gasteiger charge is 2.21. The van der Waals surface area contributed by atoms with Crippen LogP contribution in [-0.2, 0) is 9.47 Å². The van der Waals surface area contributed by atoms with Crippen molar-refractivity contribution in [2.24, 2.45) is 10.9 Å². The van der Waals surface area contributed by atoms with Gasteiger partial charge in [-0.1, -0.05) is 0 Å². The topological polar surface area (TPSA) is 75.2 Å². The lowest BCUT2D eigenvalue weighted by Gasteiger charge is -2.24. The van der Waals surface area contributed by atoms with Gasteiger partial charge in [0.25, 0.3) is 0 Å². The summed E-state index contributed by atoms with van der Waals surface area (Å²) in [5.74, 6) is 1.58. The van der Waals surface area contributed by atoms with Gasteiger partial charge >= 0.3 is 6.09 Å². The van der Waals surface area contributed by atoms with Crippen LogP contribution in [0.1, 0.15) is 47.0 Å². The number of rotatable bonds is 10. The van der Waals surface area contributed by atoms with Crippen LogP contribution < -0.4 is 10.6 Å². The summed E-state index contributed by atoms with van der Waals surface area (Å²) in [6.07, 6.45) is 3.25. The number of ether oxygens (including phenoxy) is 2. The van der Waals surface area contributed by atoms with Crippen molar-refractivity contribution in [1.29, 1.82) is 0 Å². The van der Waals surface area contributed by atoms with Gasteiger partial charge < -0.3 is 25.0 Å². The summed E-state index contributed by atoms with van der Waals surface area (Å²) in [6, 6.07) is 0. The van der Waals surface area contributed by atoms with E-state index in [9.17, 15) is 4.79 Å². The summed E-state index contributed by atoms with van der Waals surface area (Å²) >= 11 is 0. The van der Waals surface area contributed by atoms with Crippen LogP contribution in [0.5, 0.6) is 0 Å². The number of carbonyl (C=O) groups is 1. The first-order chi connectivity index (χ1) is 11.8. The second kappa shape index (κ2) is 13.4. The molecule has 1 amide bonds. The number of hydrogen-bond acceptors (Lipinski definition) is 4. The molecule has 0 saturated heterocycles. The van der Waals surface area contributed by atoms with Crippen molar-refractivity contribution in [2.75, 3.05) is 46.4 Å². The quantitative estimate of drug-likeness (QED) is 0.216. The van der Waals surface area contributed by atoms with Crippen LogP contribution in [0.2, 0.25) is 0 Å². The lowest BCUT2D eigenvalue weighted by atomic mass is 10.2. The second-order valence-corrected chi connectivity index (χ2v) is 7.46. The third-order valence-electron chi connectivity index (χ3n) is 3.56. The number of likely N-dealkylation sites (N-methyl/N-ethyl adjacent to an activating group) is 1. The fourth-order valence-corrected chi connectivity index (χ4v) is 2.01. The highest BCUT2D eigenvalue weighted by molar-refractivity contribution is 14.0. The van der Waals surface area contributed by atoms with Gasteiger partial charge in [-0.05, 0) is 52.9 Å². The molecule has 8 heteroatoms. The van der Waals surface area contributed by atoms with Crippen LogP contribution in [0.3, 0.4) is 0 Å². The van der Waals surface area contributed by atoms with Gasteiger partial charge in [-0.3, -0.25) is 4.99 Å². The third-order valence-corrected chi connectivity index (χ3v) is 3.56. The van der Waals surface area contributed by atoms with E-state index in [2.05, 4.69) is 15.6 Å². The zero-order valence-corrected chi connectivity index (χ0v) is 19.3. The van der Waals surface area contributed by atoms with E-state index in [1.54, 1.807) is 11.9 Å². The number of aliphatic imine (C=N–C) groups is 1. The Morgan fingerprint density at radius 3 is 2.54 bits per heavy atom. The molecule has 0 aromatic rings. The van der Waals surface area contributed by atoms with Gasteiger partial charge in [-0.25, -0.2) is 4.79 Å². The van der Waals surface area contributed by atoms with Crippen molar-refractivity contribution < 1.29 is 14.3 Å². The molecule has 0 unspecified atom stereocenters. The Bertz CT molecular complexity index is 423. The molecule has 0 heterocycles. The van der Waals surface area contributed by atoms with Crippen molar-refractivity contribution in [1.82, 2.24) is 15.5 Å². The summed E-state index contributed by atoms with van der Waals surface area (Å²) in [5, 5.41) is 6.44. The Morgan fingerprint density at radius 1 is 1.27 bits per heavy atom. The molecular weight excluding hydrogens is 447 g/mol. The van der Waals surface area contributed by atoms with Crippen LogP contribution in [0, 0.1) is 5.92 Å². The largest absolute Gasteiger partial charge is 0.444 e. The number of halogens is 1. The zero-order valence-electron chi connectivity index (χ0n) is 17.0. The van der Waals surface area contributed by atoms with E-state index in [-0.39, 0.29) is 30.1 Å². The van der Waals surface area contributed by atoms with Crippen LogP contribution >= 0.6 is 24.0 Å². The first kappa shape index (κ1) is 25.2. The monoisotopic (exact) mass is 484 g/mol. The Balaban J connectivity index is 0.00000625. The number of nitrogens with one attached hydrogen (secondary N) is 2. The van der Waals surface area contributed by atoms with Gasteiger partial charge in [0.15, 0.2) is 5.96 Å². The molecule has 26 heavy (non-hydrogen) atoms. The Kier molecular flexibility index (Phi) is 13.0. The van der Waals surface area contributed by atoms with Gasteiger partial charge in [-0.2, -0.15) is 0 Å². The van der Waals surface area contributed by atoms with E-state index in [1.807, 2.05) is 27.7 Å². The van der Waals surface area contributed by atoms with E-state index in [4.69, 9.17) is 9.47 Å². The molecule has 1 saturated carbocycles. The van der Waals surface area contributed by atoms with Crippen molar-refractivity contribution in [3.05, 3.63) is 0 Å². The smallest absolute Gasteiger partial charge is 0.410 e. The Labute approximate surface area is 175 Å². The maximum atomic E-state index is 11.9. The average Bonchev–Trinajstić information content (AvgIpc) is 3.33. The van der Waals surface area contributed by atoms with Crippen molar-refractivity contribution in [2.45, 2.75) is 52.6 Å². The second-order valence-electron chi connectivity index (χ2n) is 7.46. The molecule has 0 atom stereocenters. The minimum absolute atomic E-state index is 0. The molecule has 0 radical (unpaired) electrons. The first-order valence-corrected chi connectivity index (χ1v) is 9.36. The van der Waals surface area contributed by atoms with E-state index < -0.39 is 5.60 Å². The molecule has 1 aliphatic rings. The fourth-order valence-electron chi connectivity index (χ4n) is 2.01. The number of amides is 1. The van der Waals surface area contributed by atoms with Gasteiger partial charge in [0.2, 0.25) is 0 Å². The van der Waals surface area contributed by atoms with Gasteiger partial charge in [0, 0.05) is 46.4 Å². The van der Waals surface area contributed by atoms with E-state index in [1.165, 1.54) is 12.8 Å². The standard InChI is InChI=1S/C18H36N4O3.HI/c1-6-19-16(20-10-7-13-24-14-15-8-9-15)21-11-12-22(5)17(23)25-18(2,3)4;/h15H,6-14H2,1-5H3,(H2,19,20,21);1H. The SMILES string of the molecule is CCNC(=NCCCOCC1CC1)NCCN(C)C(=O)OC(C)(C)C.I. The maximum absolute atomic E-state index is 11.9. The third kappa shape index (κ3) is 13.4. The molecular formula is C18H37IN4O3. The lowest BCUT2D eigenvalue weighted by Crippen LogP contribution is -2.43. The minimum Gasteiger partial charge on any atom is -0.444 e. The van der Waals surface area contributed by atoms with E-state index in [0.717, 1.165) is 44.6 Å². The number of guanidine groups is 1. The Hall–Kier alpha value is -0.770. The first-order valence-electron chi connectivity index (χ1n) is 9.36. The highest BCUT2D eigenvalue weighted by Crippen LogP contribution is 2.28. The molecule has 7 nitrogen and oxygen atoms in total. The van der Waals surface area contributed by atoms with Crippen molar-refractivity contribution in [3.8, 4) is 0 Å². The van der Waals surface area contributed by atoms with Crippen LogP contribution in [0.25, 0.3) is 0 Å². The van der Waals surface area contributed by atoms with Crippen molar-refractivity contribution >= 4 is 36.0 Å². The normalized spacial score (nSPS) is 14.4. The molecule has 0 aromatic heterocycles. The molecule has 0 spiro atoms. The summed E-state index contributed by atoms with van der Waals surface area (Å²) in [5.41, 5.74) is -0.475. The van der Waals surface area contributed by atoms with Gasteiger partial charge in [0.1, 0.15) is 5.60 Å². The van der Waals surface area contributed by atoms with Crippen LogP contribution in [-0.4, -0.2) is 69.0 Å². The number of carbonyl (C=O) groups excluding carboxylic acids is 1. The molecule has 0 aliphatic heterocycles. The van der Waals surface area contributed by atoms with E-state index in [0.29, 0.717) is 13.1 Å². The van der Waals surface area contributed by atoms with Crippen LogP contribution in [0.15, 0.2) is 4.99 Å². The van der Waals surface area contributed by atoms with Gasteiger partial charge in [-0.15, -0.1) is 24.0 Å². The lowest BCUT2D eigenvalue weighted by molar-refractivity contribution is 0.0302. The zero-order chi connectivity index (χ0) is 18.7. The number of hydrogen-bond donors (Lipinski definition) is 2. The maximum Gasteiger partial charge on any atom is 0.410 e. The molecule has 2 N–H and O–H groups in total. The fraction of sp³-hybridized carbons (Fsp3) is 0.889. The molecule has 1 rings (SSSR count). The summed E-state index contributed by atoms with van der Waals surface area (Å²) in [6.45, 7) is 12.0. The summed E-state index contributed by atoms with van der Waals surface area (Å²) < 4.78 is 10.9. The minimum atomic E-state index is -0.475. The summed E-state index contributed by atoms with van der Waals surface area (Å²) in [4.78, 5) is 18.0. The predicted molar refractivity (Wildman–Crippen MR) is 116 cm³/mol.